The molecule has 2 N–H and O–H groups in total. The van der Waals surface area contributed by atoms with E-state index in [4.69, 9.17) is 10.2 Å². The third kappa shape index (κ3) is 2.69. The number of halogens is 11. The zero-order valence-corrected chi connectivity index (χ0v) is 11.2. The second-order valence-electron chi connectivity index (χ2n) is 4.69. The van der Waals surface area contributed by atoms with E-state index in [-0.39, 0.29) is 0 Å². The molecule has 142 valence electrons. The summed E-state index contributed by atoms with van der Waals surface area (Å²) >= 11 is 0. The van der Waals surface area contributed by atoms with E-state index < -0.39 is 53.9 Å². The predicted molar refractivity (Wildman–Crippen MR) is 52.9 cm³/mol. The van der Waals surface area contributed by atoms with Crippen molar-refractivity contribution in [2.45, 2.75) is 37.0 Å². The molecular weight excluding hydrogens is 377 g/mol. The van der Waals surface area contributed by atoms with Crippen LogP contribution in [0.5, 0.6) is 0 Å². The Morgan fingerprint density at radius 1 is 0.792 bits per heavy atom. The number of alkyl halides is 11. The highest BCUT2D eigenvalue weighted by Gasteiger charge is 2.89. The first-order valence-corrected chi connectivity index (χ1v) is 5.33. The Labute approximate surface area is 125 Å². The Hall–Kier alpha value is -1.60. The van der Waals surface area contributed by atoms with Crippen LogP contribution >= 0.6 is 0 Å². The molecule has 0 aromatic rings. The summed E-state index contributed by atoms with van der Waals surface area (Å²) in [6, 6.07) is 0. The molecule has 14 heteroatoms. The standard InChI is InChI=1S/C10H7F11O3/c1-3(4(22)23)5(2,8(13,14)15)7(11,12)6(24,9(16,17)18)10(19,20)21/h24H,1H2,2H3,(H,22,23). The van der Waals surface area contributed by atoms with Crippen LogP contribution < -0.4 is 0 Å². The Bertz CT molecular complexity index is 514. The molecule has 0 aromatic heterocycles. The molecule has 0 aliphatic rings. The molecule has 24 heavy (non-hydrogen) atoms. The highest BCUT2D eigenvalue weighted by molar-refractivity contribution is 5.88. The van der Waals surface area contributed by atoms with Gasteiger partial charge in [0.2, 0.25) is 0 Å². The third-order valence-electron chi connectivity index (χ3n) is 3.33. The van der Waals surface area contributed by atoms with E-state index in [0.717, 1.165) is 0 Å². The average molecular weight is 384 g/mol. The summed E-state index contributed by atoms with van der Waals surface area (Å²) < 4.78 is 141. The van der Waals surface area contributed by atoms with Crippen molar-refractivity contribution < 1.29 is 63.3 Å². The van der Waals surface area contributed by atoms with Gasteiger partial charge in [-0.25, -0.2) is 13.6 Å². The minimum atomic E-state index is -7.33. The van der Waals surface area contributed by atoms with Gasteiger partial charge in [0, 0.05) is 0 Å². The van der Waals surface area contributed by atoms with Crippen LogP contribution in [-0.4, -0.2) is 46.2 Å². The number of aliphatic carboxylic acids is 1. The summed E-state index contributed by atoms with van der Waals surface area (Å²) in [5, 5.41) is 16.9. The fourth-order valence-electron chi connectivity index (χ4n) is 1.63. The molecule has 0 aliphatic heterocycles. The second-order valence-corrected chi connectivity index (χ2v) is 4.69. The Morgan fingerprint density at radius 2 is 1.08 bits per heavy atom. The number of aliphatic hydroxyl groups is 1. The van der Waals surface area contributed by atoms with Crippen molar-refractivity contribution in [3.8, 4) is 0 Å². The zero-order chi connectivity index (χ0) is 20.2. The second kappa shape index (κ2) is 5.46. The number of carboxylic acid groups (broad SMARTS) is 1. The number of carbonyl (C=O) groups is 1. The Kier molecular flexibility index (Phi) is 5.09. The topological polar surface area (TPSA) is 57.5 Å². The van der Waals surface area contributed by atoms with Crippen LogP contribution in [0.3, 0.4) is 0 Å². The fourth-order valence-corrected chi connectivity index (χ4v) is 1.63. The average Bonchev–Trinajstić information content (AvgIpc) is 2.30. The summed E-state index contributed by atoms with van der Waals surface area (Å²) in [5.74, 6) is -10.1. The van der Waals surface area contributed by atoms with Crippen molar-refractivity contribution in [3.05, 3.63) is 12.2 Å². The molecule has 1 unspecified atom stereocenters. The molecule has 0 radical (unpaired) electrons. The first-order valence-electron chi connectivity index (χ1n) is 5.33. The lowest BCUT2D eigenvalue weighted by Crippen LogP contribution is -2.74. The van der Waals surface area contributed by atoms with Crippen LogP contribution in [0.4, 0.5) is 48.3 Å². The van der Waals surface area contributed by atoms with Crippen LogP contribution in [0, 0.1) is 5.41 Å². The van der Waals surface area contributed by atoms with E-state index in [9.17, 15) is 53.1 Å². The normalized spacial score (nSPS) is 17.4. The Morgan fingerprint density at radius 3 is 1.25 bits per heavy atom. The van der Waals surface area contributed by atoms with Crippen molar-refractivity contribution in [1.29, 1.82) is 0 Å². The van der Waals surface area contributed by atoms with E-state index in [1.165, 1.54) is 0 Å². The molecule has 0 fully saturated rings. The highest BCUT2D eigenvalue weighted by Crippen LogP contribution is 2.63. The monoisotopic (exact) mass is 384 g/mol. The largest absolute Gasteiger partial charge is 0.478 e. The van der Waals surface area contributed by atoms with Gasteiger partial charge in [0.05, 0.1) is 5.57 Å². The lowest BCUT2D eigenvalue weighted by atomic mass is 9.68. The molecule has 3 nitrogen and oxygen atoms in total. The van der Waals surface area contributed by atoms with Crippen molar-refractivity contribution in [1.82, 2.24) is 0 Å². The van der Waals surface area contributed by atoms with Gasteiger partial charge >= 0.3 is 36.0 Å². The first-order chi connectivity index (χ1) is 10.1. The fraction of sp³-hybridized carbons (Fsp3) is 0.700. The van der Waals surface area contributed by atoms with Gasteiger partial charge in [-0.3, -0.25) is 0 Å². The van der Waals surface area contributed by atoms with Crippen LogP contribution in [0.2, 0.25) is 0 Å². The molecule has 0 saturated heterocycles. The molecule has 0 aromatic carbocycles. The van der Waals surface area contributed by atoms with Crippen molar-refractivity contribution in [2.75, 3.05) is 0 Å². The van der Waals surface area contributed by atoms with Crippen molar-refractivity contribution in [2.24, 2.45) is 5.41 Å². The number of hydrogen-bond donors (Lipinski definition) is 2. The van der Waals surface area contributed by atoms with Gasteiger partial charge in [-0.1, -0.05) is 6.58 Å². The molecule has 0 aliphatic carbocycles. The van der Waals surface area contributed by atoms with Gasteiger partial charge in [-0.2, -0.15) is 39.5 Å². The van der Waals surface area contributed by atoms with Crippen LogP contribution in [0.25, 0.3) is 0 Å². The van der Waals surface area contributed by atoms with Crippen LogP contribution in [0.1, 0.15) is 6.92 Å². The molecule has 0 saturated carbocycles. The van der Waals surface area contributed by atoms with Crippen LogP contribution in [-0.2, 0) is 4.79 Å². The number of hydrogen-bond acceptors (Lipinski definition) is 2. The summed E-state index contributed by atoms with van der Waals surface area (Å²) in [7, 11) is 0. The smallest absolute Gasteiger partial charge is 0.432 e. The third-order valence-corrected chi connectivity index (χ3v) is 3.33. The summed E-state index contributed by atoms with van der Waals surface area (Å²) in [5.41, 5.74) is -15.5. The van der Waals surface area contributed by atoms with Crippen molar-refractivity contribution >= 4 is 5.97 Å². The van der Waals surface area contributed by atoms with Gasteiger partial charge in [0.15, 0.2) is 5.41 Å². The zero-order valence-electron chi connectivity index (χ0n) is 11.2. The van der Waals surface area contributed by atoms with Gasteiger partial charge in [0.1, 0.15) is 0 Å². The van der Waals surface area contributed by atoms with E-state index in [2.05, 4.69) is 0 Å². The molecule has 0 spiro atoms. The van der Waals surface area contributed by atoms with Gasteiger partial charge < -0.3 is 10.2 Å². The van der Waals surface area contributed by atoms with Crippen LogP contribution in [0.15, 0.2) is 12.2 Å². The van der Waals surface area contributed by atoms with E-state index in [1.54, 1.807) is 0 Å². The van der Waals surface area contributed by atoms with E-state index >= 15 is 0 Å². The van der Waals surface area contributed by atoms with E-state index in [1.807, 2.05) is 6.58 Å². The maximum absolute atomic E-state index is 13.9. The number of rotatable bonds is 4. The molecule has 0 rings (SSSR count). The first kappa shape index (κ1) is 22.4. The molecule has 1 atom stereocenters. The maximum atomic E-state index is 13.9. The van der Waals surface area contributed by atoms with Gasteiger partial charge in [-0.05, 0) is 6.92 Å². The predicted octanol–water partition coefficient (Wildman–Crippen LogP) is 3.69. The van der Waals surface area contributed by atoms with Gasteiger partial charge in [-0.15, -0.1) is 0 Å². The molecule has 0 amide bonds. The summed E-state index contributed by atoms with van der Waals surface area (Å²) in [4.78, 5) is 10.5. The quantitative estimate of drug-likeness (QED) is 0.574. The molecular formula is C10H7F11O3. The lowest BCUT2D eigenvalue weighted by molar-refractivity contribution is -0.451. The van der Waals surface area contributed by atoms with Crippen molar-refractivity contribution in [3.63, 3.8) is 0 Å². The summed E-state index contributed by atoms with van der Waals surface area (Å²) in [6.45, 7) is 1.05. The summed E-state index contributed by atoms with van der Waals surface area (Å²) in [6.07, 6.45) is -21.3. The minimum Gasteiger partial charge on any atom is -0.478 e. The lowest BCUT2D eigenvalue weighted by Gasteiger charge is -2.47. The minimum absolute atomic E-state index is 0.939. The SMILES string of the molecule is C=C(C(=O)O)C(C)(C(F)(F)F)C(F)(F)C(O)(C(F)(F)F)C(F)(F)F. The highest BCUT2D eigenvalue weighted by atomic mass is 19.4. The van der Waals surface area contributed by atoms with E-state index in [0.29, 0.717) is 0 Å². The number of carboxylic acids is 1. The van der Waals surface area contributed by atoms with Gasteiger partial charge in [0.25, 0.3) is 0 Å². The Balaban J connectivity index is 7.02. The maximum Gasteiger partial charge on any atom is 0.432 e. The molecule has 0 bridgehead atoms. The molecule has 0 heterocycles.